The number of aryl methyl sites for hydroxylation is 4. The lowest BCUT2D eigenvalue weighted by Gasteiger charge is -2.17. The van der Waals surface area contributed by atoms with Gasteiger partial charge in [0.05, 0.1) is 112 Å². The first-order chi connectivity index (χ1) is 77.3. The summed E-state index contributed by atoms with van der Waals surface area (Å²) in [4.78, 5) is 35.5. The summed E-state index contributed by atoms with van der Waals surface area (Å²) in [5.74, 6) is -5.61. The molecule has 8 saturated carbocycles. The van der Waals surface area contributed by atoms with E-state index in [1.54, 1.807) is 97.0 Å². The minimum atomic E-state index is -3.39. The van der Waals surface area contributed by atoms with Gasteiger partial charge in [-0.3, -0.25) is 0 Å². The van der Waals surface area contributed by atoms with E-state index in [4.69, 9.17) is 54.2 Å². The molecule has 12 aromatic rings. The molecule has 0 radical (unpaired) electrons. The van der Waals surface area contributed by atoms with Crippen LogP contribution in [0.5, 0.6) is 0 Å². The number of benzene rings is 4. The Kier molecular flexibility index (Phi) is 26.5. The molecule has 0 unspecified atom stereocenters. The lowest BCUT2D eigenvalue weighted by molar-refractivity contribution is -0.0629. The van der Waals surface area contributed by atoms with Crippen molar-refractivity contribution in [3.8, 4) is 0 Å². The van der Waals surface area contributed by atoms with Gasteiger partial charge >= 0.3 is 0 Å². The number of nitrogens with one attached hydrogen (secondary N) is 4. The molecule has 4 aromatic carbocycles. The van der Waals surface area contributed by atoms with Gasteiger partial charge in [0.15, 0.2) is 88.6 Å². The molecular weight excluding hydrogens is 1950 g/mol. The van der Waals surface area contributed by atoms with Crippen molar-refractivity contribution >= 4 is 115 Å². The highest BCUT2D eigenvalue weighted by atomic mass is 32.2. The van der Waals surface area contributed by atoms with Crippen LogP contribution in [0.1, 0.15) is 227 Å². The summed E-state index contributed by atoms with van der Waals surface area (Å²) in [5.41, 5.74) is -2.74. The summed E-state index contributed by atoms with van der Waals surface area (Å²) in [6.45, 7) is -0.954. The predicted molar refractivity (Wildman–Crippen MR) is 530 cm³/mol. The van der Waals surface area contributed by atoms with Gasteiger partial charge in [-0.2, -0.15) is 0 Å². The molecule has 40 nitrogen and oxygen atoms in total. The lowest BCUT2D eigenvalue weighted by Crippen LogP contribution is -2.33. The van der Waals surface area contributed by atoms with Gasteiger partial charge in [-0.05, 0) is 148 Å². The number of anilines is 4. The zero-order valence-electron chi connectivity index (χ0n) is 101. The van der Waals surface area contributed by atoms with Crippen LogP contribution in [0.4, 0.5) is 40.8 Å². The second-order valence-corrected chi connectivity index (χ2v) is 38.5. The molecule has 0 saturated heterocycles. The average molecular weight is 2100 g/mol. The van der Waals surface area contributed by atoms with E-state index in [0.717, 1.165) is 42.2 Å². The monoisotopic (exact) mass is 2090 g/mol. The van der Waals surface area contributed by atoms with Crippen LogP contribution in [0.3, 0.4) is 0 Å². The fourth-order valence-corrected chi connectivity index (χ4v) is 19.6. The summed E-state index contributed by atoms with van der Waals surface area (Å²) in [7, 11) is 0. The van der Waals surface area contributed by atoms with E-state index in [1.807, 2.05) is 0 Å². The van der Waals surface area contributed by atoms with Gasteiger partial charge in [0.25, 0.3) is 0 Å². The quantitative estimate of drug-likeness (QED) is 0.00969. The number of halogens is 4. The van der Waals surface area contributed by atoms with Crippen LogP contribution < -0.4 is 21.3 Å². The third kappa shape index (κ3) is 23.8. The minimum Gasteiger partial charge on any atom is -0.394 e. The summed E-state index contributed by atoms with van der Waals surface area (Å²) in [5, 5.41) is 168. The molecule has 8 fully saturated rings. The Morgan fingerprint density at radius 3 is 0.868 bits per heavy atom. The van der Waals surface area contributed by atoms with Crippen LogP contribution in [-0.2, 0) is 18.9 Å². The van der Waals surface area contributed by atoms with Crippen molar-refractivity contribution in [2.75, 3.05) is 96.8 Å². The fraction of sp³-hybridized carbons (Fsp3) is 0.583. The highest BCUT2D eigenvalue weighted by Crippen LogP contribution is 2.50. The van der Waals surface area contributed by atoms with E-state index >= 15 is 0 Å². The molecule has 24 atom stereocenters. The zero-order chi connectivity index (χ0) is 121. The number of nitrogens with zero attached hydrogens (tertiary/aromatic N) is 20. The first-order valence-electron chi connectivity index (χ1n) is 57.4. The molecule has 144 heavy (non-hydrogen) atoms. The largest absolute Gasteiger partial charge is 0.394 e. The van der Waals surface area contributed by atoms with E-state index in [2.05, 4.69) is 102 Å². The van der Waals surface area contributed by atoms with Gasteiger partial charge in [0.2, 0.25) is 0 Å². The summed E-state index contributed by atoms with van der Waals surface area (Å²) >= 11 is 2.77. The fourth-order valence-electron chi connectivity index (χ4n) is 17.5. The third-order valence-electron chi connectivity index (χ3n) is 25.5. The normalized spacial score (nSPS) is 32.8. The highest BCUT2D eigenvalue weighted by Gasteiger charge is 2.51. The van der Waals surface area contributed by atoms with Crippen LogP contribution in [0.25, 0.3) is 44.7 Å². The van der Waals surface area contributed by atoms with Crippen molar-refractivity contribution in [1.29, 1.82) is 0 Å². The van der Waals surface area contributed by atoms with Crippen LogP contribution in [0.15, 0.2) is 93.4 Å². The van der Waals surface area contributed by atoms with Crippen molar-refractivity contribution < 1.29 is 128 Å². The minimum absolute atomic E-state index is 0.000650. The number of rotatable bonds is 40. The van der Waals surface area contributed by atoms with E-state index in [1.165, 1.54) is 43.0 Å². The Bertz CT molecular complexity index is 7610. The van der Waals surface area contributed by atoms with Gasteiger partial charge in [-0.15, -0.1) is 20.4 Å². The number of aliphatic hydroxyl groups excluding tert-OH is 10. The molecule has 0 spiro atoms. The highest BCUT2D eigenvalue weighted by molar-refractivity contribution is 7.99. The smallest absolute Gasteiger partial charge is 0.191 e. The predicted octanol–water partition coefficient (Wildman–Crippen LogP) is 8.73. The molecular formula is C96H124F4N24O16S4. The van der Waals surface area contributed by atoms with E-state index < -0.39 is 237 Å². The molecule has 776 valence electrons. The van der Waals surface area contributed by atoms with Gasteiger partial charge in [-0.1, -0.05) is 144 Å². The molecule has 20 rings (SSSR count). The van der Waals surface area contributed by atoms with Crippen molar-refractivity contribution in [2.45, 2.75) is 298 Å². The number of hydrogen-bond acceptors (Lipinski definition) is 40. The van der Waals surface area contributed by atoms with Crippen molar-refractivity contribution in [3.05, 3.63) is 141 Å². The number of aromatic nitrogens is 20. The van der Waals surface area contributed by atoms with Crippen molar-refractivity contribution in [3.63, 3.8) is 0 Å². The maximum Gasteiger partial charge on any atom is 0.191 e. The topological polar surface area (TPSA) is 554 Å². The summed E-state index contributed by atoms with van der Waals surface area (Å²) in [6, 6.07) is 12.9. The van der Waals surface area contributed by atoms with Gasteiger partial charge in [-0.25, -0.2) is 76.2 Å². The molecule has 48 heteroatoms. The molecule has 0 amide bonds. The summed E-state index contributed by atoms with van der Waals surface area (Å²) < 4.78 is 260. The molecule has 8 aliphatic rings. The van der Waals surface area contributed by atoms with Gasteiger partial charge < -0.3 is 101 Å². The lowest BCUT2D eigenvalue weighted by atomic mass is 10.1. The molecule has 8 aromatic heterocycles. The van der Waals surface area contributed by atoms with Gasteiger partial charge in [0.1, 0.15) is 72.1 Å². The van der Waals surface area contributed by atoms with Crippen molar-refractivity contribution in [1.82, 2.24) is 99.8 Å². The standard InChI is InChI=1S/4C24H31FN6O4S/c4*1-3-8-36-24-27-22(26-16-10-14(16)13-5-4-12(2)15(25)9-13)19-23(28-24)31(30-29-19)17-11-18(35-7-6-32)21(34)20(17)33/h4*4-5,9,14,16-18,20-21,32-34H,3,6-8,10-11H2,1-2H3,(H,26,27,28)/t4*14-,16+,17+,18-,20-,21+/m0000/s1/i6D2,7D2,8D2,14D;7D2,8D2,14D;6D2,8D2,14D;3D2,8D2,14D. The molecule has 0 bridgehead atoms. The number of hydrogen-bond donors (Lipinski definition) is 16. The Labute approximate surface area is 874 Å². The number of ether oxygens (including phenoxy) is 4. The molecule has 16 N–H and O–H groups in total. The number of thioether (sulfide) groups is 4. The van der Waals surface area contributed by atoms with Gasteiger partial charge in [0, 0.05) is 115 Å². The maximum absolute atomic E-state index is 14.2. The van der Waals surface area contributed by atoms with E-state index in [9.17, 15) is 73.7 Å². The molecule has 8 heterocycles. The van der Waals surface area contributed by atoms with E-state index in [-0.39, 0.29) is 147 Å². The van der Waals surface area contributed by atoms with Crippen LogP contribution in [0.2, 0.25) is 0 Å². The first-order valence-corrected chi connectivity index (χ1v) is 49.7. The number of fused-ring (bicyclic) bond motifs is 4. The maximum atomic E-state index is 14.2. The molecule has 0 aliphatic heterocycles. The van der Waals surface area contributed by atoms with Crippen LogP contribution in [-0.4, -0.2) is 334 Å². The van der Waals surface area contributed by atoms with E-state index in [0.29, 0.717) is 82.0 Å². The molecule has 8 aliphatic carbocycles. The first kappa shape index (κ1) is 80.5. The third-order valence-corrected chi connectivity index (χ3v) is 28.6. The van der Waals surface area contributed by atoms with Crippen LogP contribution in [0, 0.1) is 51.0 Å². The second kappa shape index (κ2) is 47.3. The zero-order valence-corrected chi connectivity index (χ0v) is 81.9. The summed E-state index contributed by atoms with van der Waals surface area (Å²) in [6.07, 6.45) is -16.7. The Balaban J connectivity index is 0.000000148. The Morgan fingerprint density at radius 1 is 0.347 bits per heavy atom. The number of aliphatic hydroxyl groups is 12. The second-order valence-electron chi connectivity index (χ2n) is 35.2. The Hall–Kier alpha value is -9.52. The SMILES string of the molecule is [2H]C([2H])(C)C([2H])([2H])Sc1nc(N[C@@H]2C[C@@]2([2H])c2ccc(C)c(F)c2)c2nnn([C@@H]3C[C@H](OCCO)[C@@H](O)[C@H]3O)c2n1.[2H]C([2H])(CC)Sc1nc(N[C@@H]2C[C@@]2([2H])c2ccc(C)c(F)c2)c2nnn([C@@H]3C[C@H](OC([2H])([2H])C([2H])([2H])O)[C@@H](O)[C@H]3O)c2n1.[2H]C([2H])(CO)O[C@H]1C[C@@H](n2nnc3c(N[C@@H]4C[C@@]4([2H])c4ccc(C)c(F)c4)nc(SC([2H])([2H])CC)nc32)[C@H](O)[C@@H]1O.[2H]C([2H])(O)CO[C@H]1C[C@@H](n2nnc3c(N[C@@H]4C[C@@]4([2H])c4ccc(C)c(F)c4)nc(SC([2H])([2H])CC)nc32)[C@H](O)[C@@H]1O. The van der Waals surface area contributed by atoms with Crippen LogP contribution >= 0.6 is 47.0 Å². The average Bonchev–Trinajstić information content (AvgIpc) is 1.58. The Morgan fingerprint density at radius 2 is 0.618 bits per heavy atom. The van der Waals surface area contributed by atoms with Crippen molar-refractivity contribution in [2.24, 2.45) is 0 Å².